The van der Waals surface area contributed by atoms with Gasteiger partial charge in [0, 0.05) is 19.0 Å². The number of nitrogens with zero attached hydrogens (tertiary/aromatic N) is 1. The first kappa shape index (κ1) is 15.0. The third-order valence-electron chi connectivity index (χ3n) is 7.11. The van der Waals surface area contributed by atoms with Crippen molar-refractivity contribution in [1.82, 2.24) is 10.2 Å². The molecule has 0 aromatic heterocycles. The zero-order chi connectivity index (χ0) is 15.1. The molecule has 3 nitrogen and oxygen atoms in total. The van der Waals surface area contributed by atoms with Crippen molar-refractivity contribution < 1.29 is 4.79 Å². The Balaban J connectivity index is 1.39. The molecule has 1 amide bonds. The van der Waals surface area contributed by atoms with Gasteiger partial charge in [-0.15, -0.1) is 0 Å². The smallest absolute Gasteiger partial charge is 0.223 e. The molecular weight excluding hydrogens is 272 g/mol. The Morgan fingerprint density at radius 3 is 2.36 bits per heavy atom. The van der Waals surface area contributed by atoms with Gasteiger partial charge in [-0.3, -0.25) is 4.79 Å². The number of hydrogen-bond acceptors (Lipinski definition) is 2. The maximum atomic E-state index is 13.0. The van der Waals surface area contributed by atoms with E-state index in [0.717, 1.165) is 49.7 Å². The van der Waals surface area contributed by atoms with Crippen molar-refractivity contribution in [1.29, 1.82) is 0 Å². The Morgan fingerprint density at radius 2 is 1.68 bits per heavy atom. The number of hydrogen-bond donors (Lipinski definition) is 1. The minimum atomic E-state index is 0.476. The topological polar surface area (TPSA) is 32.3 Å². The van der Waals surface area contributed by atoms with Gasteiger partial charge in [0.2, 0.25) is 5.91 Å². The Bertz CT molecular complexity index is 404. The fraction of sp³-hybridized carbons (Fsp3) is 0.947. The van der Waals surface area contributed by atoms with Crippen LogP contribution in [0, 0.1) is 29.6 Å². The van der Waals surface area contributed by atoms with Gasteiger partial charge in [-0.2, -0.15) is 0 Å². The lowest BCUT2D eigenvalue weighted by Gasteiger charge is -2.39. The molecule has 3 aliphatic heterocycles. The number of carbonyl (C=O) groups excluding carboxylic acids is 1. The molecular formula is C19H32N2O. The molecule has 2 saturated carbocycles. The molecule has 3 saturated heterocycles. The van der Waals surface area contributed by atoms with Crippen molar-refractivity contribution >= 4 is 5.91 Å². The third-order valence-corrected chi connectivity index (χ3v) is 7.11. The first-order valence-corrected chi connectivity index (χ1v) is 9.69. The van der Waals surface area contributed by atoms with Crippen LogP contribution < -0.4 is 5.32 Å². The standard InChI is InChI=1S/C19H32N2O/c1-13(17-2-4-20-5-3-17)6-19(22)21-12-16-8-14-7-15(9-16)11-18(21)10-14/h13-18,20H,2-12H2,1H3. The second-order valence-corrected chi connectivity index (χ2v) is 8.75. The molecule has 0 aromatic rings. The predicted molar refractivity (Wildman–Crippen MR) is 88.4 cm³/mol. The second kappa shape index (κ2) is 6.14. The van der Waals surface area contributed by atoms with E-state index in [1.807, 2.05) is 0 Å². The highest BCUT2D eigenvalue weighted by molar-refractivity contribution is 5.77. The van der Waals surface area contributed by atoms with Crippen molar-refractivity contribution in [2.75, 3.05) is 19.6 Å². The second-order valence-electron chi connectivity index (χ2n) is 8.75. The molecule has 0 aromatic carbocycles. The van der Waals surface area contributed by atoms with E-state index in [-0.39, 0.29) is 0 Å². The van der Waals surface area contributed by atoms with Crippen LogP contribution in [0.15, 0.2) is 0 Å². The summed E-state index contributed by atoms with van der Waals surface area (Å²) >= 11 is 0. The summed E-state index contributed by atoms with van der Waals surface area (Å²) in [4.78, 5) is 15.3. The minimum absolute atomic E-state index is 0.476. The molecule has 5 aliphatic rings. The molecule has 5 rings (SSSR count). The summed E-state index contributed by atoms with van der Waals surface area (Å²) in [6.07, 6.45) is 10.2. The lowest BCUT2D eigenvalue weighted by atomic mass is 9.68. The van der Waals surface area contributed by atoms with Gasteiger partial charge in [0.05, 0.1) is 0 Å². The molecule has 3 heterocycles. The van der Waals surface area contributed by atoms with Crippen LogP contribution in [0.5, 0.6) is 0 Å². The highest BCUT2D eigenvalue weighted by Gasteiger charge is 2.44. The molecule has 22 heavy (non-hydrogen) atoms. The average molecular weight is 304 g/mol. The van der Waals surface area contributed by atoms with Gasteiger partial charge in [0.25, 0.3) is 0 Å². The molecule has 0 radical (unpaired) electrons. The van der Waals surface area contributed by atoms with E-state index >= 15 is 0 Å². The maximum absolute atomic E-state index is 13.0. The number of fused-ring (bicyclic) bond motifs is 1. The fourth-order valence-corrected chi connectivity index (χ4v) is 6.06. The van der Waals surface area contributed by atoms with Crippen LogP contribution in [0.25, 0.3) is 0 Å². The molecule has 3 atom stereocenters. The largest absolute Gasteiger partial charge is 0.339 e. The van der Waals surface area contributed by atoms with Crippen molar-refractivity contribution in [3.05, 3.63) is 0 Å². The van der Waals surface area contributed by atoms with E-state index in [0.29, 0.717) is 17.9 Å². The monoisotopic (exact) mass is 304 g/mol. The minimum Gasteiger partial charge on any atom is -0.339 e. The van der Waals surface area contributed by atoms with Gasteiger partial charge in [0.15, 0.2) is 0 Å². The summed E-state index contributed by atoms with van der Waals surface area (Å²) in [5.74, 6) is 4.47. The van der Waals surface area contributed by atoms with Gasteiger partial charge in [-0.1, -0.05) is 6.92 Å². The van der Waals surface area contributed by atoms with Crippen LogP contribution in [0.2, 0.25) is 0 Å². The van der Waals surface area contributed by atoms with Crippen LogP contribution in [0.3, 0.4) is 0 Å². The Morgan fingerprint density at radius 1 is 1.05 bits per heavy atom. The van der Waals surface area contributed by atoms with E-state index in [1.165, 1.54) is 44.9 Å². The van der Waals surface area contributed by atoms with E-state index in [1.54, 1.807) is 0 Å². The van der Waals surface area contributed by atoms with Gasteiger partial charge in [-0.05, 0) is 87.6 Å². The Labute approximate surface area is 135 Å². The van der Waals surface area contributed by atoms with Crippen molar-refractivity contribution in [3.63, 3.8) is 0 Å². The predicted octanol–water partition coefficient (Wildman–Crippen LogP) is 3.05. The first-order chi connectivity index (χ1) is 10.7. The average Bonchev–Trinajstić information content (AvgIpc) is 2.72. The summed E-state index contributed by atoms with van der Waals surface area (Å²) in [5, 5.41) is 3.44. The van der Waals surface area contributed by atoms with Crippen LogP contribution in [0.1, 0.15) is 58.3 Å². The number of nitrogens with one attached hydrogen (secondary N) is 1. The van der Waals surface area contributed by atoms with Crippen molar-refractivity contribution in [3.8, 4) is 0 Å². The Hall–Kier alpha value is -0.570. The van der Waals surface area contributed by atoms with E-state index in [2.05, 4.69) is 17.1 Å². The van der Waals surface area contributed by atoms with Crippen LogP contribution in [-0.4, -0.2) is 36.5 Å². The van der Waals surface area contributed by atoms with E-state index in [9.17, 15) is 4.79 Å². The van der Waals surface area contributed by atoms with E-state index < -0.39 is 0 Å². The summed E-state index contributed by atoms with van der Waals surface area (Å²) in [5.41, 5.74) is 0. The third kappa shape index (κ3) is 2.93. The molecule has 3 heteroatoms. The number of carbonyl (C=O) groups is 1. The summed E-state index contributed by atoms with van der Waals surface area (Å²) < 4.78 is 0. The molecule has 1 N–H and O–H groups in total. The highest BCUT2D eigenvalue weighted by Crippen LogP contribution is 2.47. The molecule has 4 bridgehead atoms. The van der Waals surface area contributed by atoms with Gasteiger partial charge >= 0.3 is 0 Å². The number of piperidine rings is 1. The quantitative estimate of drug-likeness (QED) is 0.869. The van der Waals surface area contributed by atoms with Gasteiger partial charge < -0.3 is 10.2 Å². The molecule has 0 spiro atoms. The molecule has 2 aliphatic carbocycles. The highest BCUT2D eigenvalue weighted by atomic mass is 16.2. The summed E-state index contributed by atoms with van der Waals surface area (Å²) in [7, 11) is 0. The maximum Gasteiger partial charge on any atom is 0.223 e. The molecule has 3 unspecified atom stereocenters. The van der Waals surface area contributed by atoms with E-state index in [4.69, 9.17) is 0 Å². The van der Waals surface area contributed by atoms with Crippen LogP contribution >= 0.6 is 0 Å². The van der Waals surface area contributed by atoms with Gasteiger partial charge in [0.1, 0.15) is 0 Å². The number of amides is 1. The fourth-order valence-electron chi connectivity index (χ4n) is 6.06. The van der Waals surface area contributed by atoms with Crippen LogP contribution in [0.4, 0.5) is 0 Å². The molecule has 124 valence electrons. The molecule has 5 fully saturated rings. The van der Waals surface area contributed by atoms with Crippen molar-refractivity contribution in [2.24, 2.45) is 29.6 Å². The van der Waals surface area contributed by atoms with Crippen LogP contribution in [-0.2, 0) is 4.79 Å². The lowest BCUT2D eigenvalue weighted by molar-refractivity contribution is -0.135. The van der Waals surface area contributed by atoms with Gasteiger partial charge in [-0.25, -0.2) is 0 Å². The summed E-state index contributed by atoms with van der Waals surface area (Å²) in [6.45, 7) is 5.67. The zero-order valence-corrected chi connectivity index (χ0v) is 14.1. The van der Waals surface area contributed by atoms with Crippen molar-refractivity contribution in [2.45, 2.75) is 64.3 Å². The Kier molecular flexibility index (Phi) is 4.19. The SMILES string of the molecule is CC(CC(=O)N1CC2CC3CC(C2)CC1C3)C1CCNCC1. The summed E-state index contributed by atoms with van der Waals surface area (Å²) in [6, 6.07) is 0.587. The zero-order valence-electron chi connectivity index (χ0n) is 14.1. The number of rotatable bonds is 3. The normalized spacial score (nSPS) is 39.8. The lowest BCUT2D eigenvalue weighted by Crippen LogP contribution is -2.43. The first-order valence-electron chi connectivity index (χ1n) is 9.69.